The van der Waals surface area contributed by atoms with Crippen LogP contribution >= 0.6 is 11.8 Å². The minimum absolute atomic E-state index is 0.00277. The van der Waals surface area contributed by atoms with Crippen molar-refractivity contribution < 1.29 is 9.53 Å². The van der Waals surface area contributed by atoms with Gasteiger partial charge in [0, 0.05) is 11.4 Å². The molecule has 0 unspecified atom stereocenters. The monoisotopic (exact) mass is 367 g/mol. The number of hydrogen-bond donors (Lipinski definition) is 0. The number of para-hydroxylation sites is 1. The Hall–Kier alpha value is -2.60. The van der Waals surface area contributed by atoms with Gasteiger partial charge in [0.15, 0.2) is 10.9 Å². The molecule has 0 aliphatic rings. The maximum absolute atomic E-state index is 11.6. The Morgan fingerprint density at radius 1 is 1.08 bits per heavy atom. The zero-order valence-corrected chi connectivity index (χ0v) is 15.9. The molecule has 6 heteroatoms. The van der Waals surface area contributed by atoms with Crippen LogP contribution in [0.5, 0.6) is 5.75 Å². The predicted molar refractivity (Wildman–Crippen MR) is 103 cm³/mol. The molecule has 2 aromatic carbocycles. The second-order valence-corrected chi connectivity index (χ2v) is 7.01. The van der Waals surface area contributed by atoms with E-state index in [1.165, 1.54) is 5.56 Å². The van der Waals surface area contributed by atoms with Crippen LogP contribution in [0.3, 0.4) is 0 Å². The third-order valence-electron chi connectivity index (χ3n) is 3.93. The summed E-state index contributed by atoms with van der Waals surface area (Å²) in [4.78, 5) is 11.6. The molecule has 5 nitrogen and oxygen atoms in total. The van der Waals surface area contributed by atoms with Gasteiger partial charge in [-0.15, -0.1) is 10.2 Å². The minimum atomic E-state index is 0.00277. The van der Waals surface area contributed by atoms with Gasteiger partial charge in [0.1, 0.15) is 11.6 Å². The normalized spacial score (nSPS) is 10.7. The number of ether oxygens (including phenoxy) is 1. The molecule has 0 atom stereocenters. The summed E-state index contributed by atoms with van der Waals surface area (Å²) in [7, 11) is 0. The molecule has 0 bridgehead atoms. The Bertz CT molecular complexity index is 904. The lowest BCUT2D eigenvalue weighted by Gasteiger charge is -2.10. The Morgan fingerprint density at radius 3 is 2.54 bits per heavy atom. The maximum atomic E-state index is 11.6. The quantitative estimate of drug-likeness (QED) is 0.355. The van der Waals surface area contributed by atoms with Crippen molar-refractivity contribution >= 4 is 17.5 Å². The van der Waals surface area contributed by atoms with Crippen LogP contribution in [0.15, 0.2) is 53.7 Å². The Balaban J connectivity index is 1.65. The van der Waals surface area contributed by atoms with E-state index in [2.05, 4.69) is 41.4 Å². The van der Waals surface area contributed by atoms with E-state index in [0.29, 0.717) is 23.7 Å². The van der Waals surface area contributed by atoms with Gasteiger partial charge < -0.3 is 4.74 Å². The van der Waals surface area contributed by atoms with Gasteiger partial charge in [-0.25, -0.2) is 0 Å². The molecule has 0 fully saturated rings. The zero-order chi connectivity index (χ0) is 18.5. The topological polar surface area (TPSA) is 57.0 Å². The van der Waals surface area contributed by atoms with E-state index >= 15 is 0 Å². The van der Waals surface area contributed by atoms with Crippen LogP contribution in [0, 0.1) is 13.8 Å². The van der Waals surface area contributed by atoms with Gasteiger partial charge >= 0.3 is 0 Å². The van der Waals surface area contributed by atoms with E-state index in [1.807, 2.05) is 29.7 Å². The molecule has 0 aliphatic heterocycles. The first-order valence-electron chi connectivity index (χ1n) is 8.41. The largest absolute Gasteiger partial charge is 0.492 e. The molecular weight excluding hydrogens is 346 g/mol. The maximum Gasteiger partial charge on any atom is 0.195 e. The van der Waals surface area contributed by atoms with Crippen LogP contribution in [0.4, 0.5) is 0 Å². The molecule has 3 rings (SSSR count). The summed E-state index contributed by atoms with van der Waals surface area (Å²) in [5.41, 5.74) is 2.87. The van der Waals surface area contributed by atoms with Gasteiger partial charge in [-0.3, -0.25) is 9.36 Å². The number of hydrogen-bond acceptors (Lipinski definition) is 5. The summed E-state index contributed by atoms with van der Waals surface area (Å²) in [6.07, 6.45) is 0. The standard InChI is InChI=1S/C20H21N3O2S/c1-14-8-10-17(11-9-14)23-16(3)21-22-20(23)26-13-12-25-19-7-5-4-6-18(19)15(2)24/h4-11H,12-13H2,1-3H3. The average Bonchev–Trinajstić information content (AvgIpc) is 3.00. The van der Waals surface area contributed by atoms with E-state index in [4.69, 9.17) is 4.74 Å². The van der Waals surface area contributed by atoms with Crippen LogP contribution in [0.25, 0.3) is 5.69 Å². The van der Waals surface area contributed by atoms with Gasteiger partial charge in [0.2, 0.25) is 0 Å². The lowest BCUT2D eigenvalue weighted by atomic mass is 10.1. The first kappa shape index (κ1) is 18.2. The average molecular weight is 367 g/mol. The molecule has 0 aliphatic carbocycles. The van der Waals surface area contributed by atoms with Crippen LogP contribution in [0.2, 0.25) is 0 Å². The van der Waals surface area contributed by atoms with E-state index in [0.717, 1.165) is 16.7 Å². The van der Waals surface area contributed by atoms with Crippen molar-refractivity contribution in [3.05, 3.63) is 65.5 Å². The number of benzene rings is 2. The van der Waals surface area contributed by atoms with Crippen molar-refractivity contribution in [1.82, 2.24) is 14.8 Å². The highest BCUT2D eigenvalue weighted by Gasteiger charge is 2.12. The van der Waals surface area contributed by atoms with Crippen LogP contribution in [-0.2, 0) is 0 Å². The van der Waals surface area contributed by atoms with E-state index < -0.39 is 0 Å². The summed E-state index contributed by atoms with van der Waals surface area (Å²) >= 11 is 1.58. The van der Waals surface area contributed by atoms with Crippen LogP contribution in [-0.4, -0.2) is 32.9 Å². The molecule has 1 aromatic heterocycles. The number of carbonyl (C=O) groups excluding carboxylic acids is 1. The van der Waals surface area contributed by atoms with E-state index in [9.17, 15) is 4.79 Å². The third-order valence-corrected chi connectivity index (χ3v) is 4.82. The molecule has 0 radical (unpaired) electrons. The first-order chi connectivity index (χ1) is 12.6. The van der Waals surface area contributed by atoms with Gasteiger partial charge in [0.05, 0.1) is 12.2 Å². The summed E-state index contributed by atoms with van der Waals surface area (Å²) in [6, 6.07) is 15.6. The number of rotatable bonds is 7. The fourth-order valence-corrected chi connectivity index (χ4v) is 3.41. The van der Waals surface area contributed by atoms with Crippen molar-refractivity contribution in [3.8, 4) is 11.4 Å². The van der Waals surface area contributed by atoms with E-state index in [-0.39, 0.29) is 5.78 Å². The first-order valence-corrected chi connectivity index (χ1v) is 9.39. The Kier molecular flexibility index (Phi) is 5.73. The highest BCUT2D eigenvalue weighted by atomic mass is 32.2. The van der Waals surface area contributed by atoms with Crippen molar-refractivity contribution in [2.45, 2.75) is 25.9 Å². The molecule has 0 spiro atoms. The van der Waals surface area contributed by atoms with Gasteiger partial charge in [0.25, 0.3) is 0 Å². The van der Waals surface area contributed by atoms with Crippen molar-refractivity contribution in [2.75, 3.05) is 12.4 Å². The molecule has 3 aromatic rings. The van der Waals surface area contributed by atoms with Crippen molar-refractivity contribution in [1.29, 1.82) is 0 Å². The SMILES string of the molecule is CC(=O)c1ccccc1OCCSc1nnc(C)n1-c1ccc(C)cc1. The van der Waals surface area contributed by atoms with Crippen LogP contribution < -0.4 is 4.74 Å². The second kappa shape index (κ2) is 8.19. The van der Waals surface area contributed by atoms with Crippen LogP contribution in [0.1, 0.15) is 28.7 Å². The molecule has 0 amide bonds. The molecule has 1 heterocycles. The highest BCUT2D eigenvalue weighted by Crippen LogP contribution is 2.23. The fraction of sp³-hybridized carbons (Fsp3) is 0.250. The molecule has 26 heavy (non-hydrogen) atoms. The second-order valence-electron chi connectivity index (χ2n) is 5.95. The zero-order valence-electron chi connectivity index (χ0n) is 15.1. The minimum Gasteiger partial charge on any atom is -0.492 e. The van der Waals surface area contributed by atoms with Gasteiger partial charge in [-0.05, 0) is 45.0 Å². The highest BCUT2D eigenvalue weighted by molar-refractivity contribution is 7.99. The number of nitrogens with zero attached hydrogens (tertiary/aromatic N) is 3. The van der Waals surface area contributed by atoms with Crippen molar-refractivity contribution in [3.63, 3.8) is 0 Å². The molecule has 0 saturated carbocycles. The van der Waals surface area contributed by atoms with Gasteiger partial charge in [-0.2, -0.15) is 0 Å². The molecule has 0 N–H and O–H groups in total. The number of thioether (sulfide) groups is 1. The van der Waals surface area contributed by atoms with Gasteiger partial charge in [-0.1, -0.05) is 41.6 Å². The van der Waals surface area contributed by atoms with E-state index in [1.54, 1.807) is 24.8 Å². The number of Topliss-reactive ketones (excluding diaryl/α,β-unsaturated/α-hetero) is 1. The number of aromatic nitrogens is 3. The fourth-order valence-electron chi connectivity index (χ4n) is 2.60. The van der Waals surface area contributed by atoms with Crippen molar-refractivity contribution in [2.24, 2.45) is 0 Å². The lowest BCUT2D eigenvalue weighted by Crippen LogP contribution is -2.06. The Morgan fingerprint density at radius 2 is 1.81 bits per heavy atom. The molecule has 134 valence electrons. The summed E-state index contributed by atoms with van der Waals surface area (Å²) < 4.78 is 7.82. The summed E-state index contributed by atoms with van der Waals surface area (Å²) in [5.74, 6) is 2.18. The Labute approximate surface area is 157 Å². The predicted octanol–water partition coefficient (Wildman–Crippen LogP) is 4.26. The lowest BCUT2D eigenvalue weighted by molar-refractivity contribution is 0.101. The third kappa shape index (κ3) is 4.14. The number of carbonyl (C=O) groups is 1. The summed E-state index contributed by atoms with van der Waals surface area (Å²) in [6.45, 7) is 6.03. The number of ketones is 1. The number of aryl methyl sites for hydroxylation is 2. The molecule has 0 saturated heterocycles. The smallest absolute Gasteiger partial charge is 0.195 e. The summed E-state index contributed by atoms with van der Waals surface area (Å²) in [5, 5.41) is 9.30. The molecular formula is C20H21N3O2S.